The smallest absolute Gasteiger partial charge is 0.399 e. The van der Waals surface area contributed by atoms with Gasteiger partial charge in [0.25, 0.3) is 5.56 Å². The molecule has 6 heteroatoms. The van der Waals surface area contributed by atoms with E-state index in [1.807, 2.05) is 27.7 Å². The van der Waals surface area contributed by atoms with Crippen LogP contribution in [0.4, 0.5) is 0 Å². The summed E-state index contributed by atoms with van der Waals surface area (Å²) in [6.45, 7) is 9.57. The Kier molecular flexibility index (Phi) is 3.53. The second-order valence-electron chi connectivity index (χ2n) is 6.10. The van der Waals surface area contributed by atoms with Gasteiger partial charge in [0.05, 0.1) is 17.3 Å². The summed E-state index contributed by atoms with van der Waals surface area (Å²) < 4.78 is 13.3. The molecule has 0 saturated carbocycles. The molecule has 0 spiro atoms. The van der Waals surface area contributed by atoms with Gasteiger partial charge in [0.1, 0.15) is 6.04 Å². The molecule has 0 amide bonds. The van der Waals surface area contributed by atoms with E-state index in [9.17, 15) is 4.79 Å². The second kappa shape index (κ2) is 4.76. The summed E-state index contributed by atoms with van der Waals surface area (Å²) in [7, 11) is -0.530. The van der Waals surface area contributed by atoms with Crippen molar-refractivity contribution in [2.45, 2.75) is 51.9 Å². The summed E-state index contributed by atoms with van der Waals surface area (Å²) in [4.78, 5) is 11.8. The molecule has 0 radical (unpaired) electrons. The third-order valence-corrected chi connectivity index (χ3v) is 4.09. The highest BCUT2D eigenvalue weighted by Crippen LogP contribution is 2.36. The third-order valence-electron chi connectivity index (χ3n) is 4.09. The van der Waals surface area contributed by atoms with Crippen LogP contribution in [-0.4, -0.2) is 22.9 Å². The lowest BCUT2D eigenvalue weighted by Crippen LogP contribution is -2.41. The van der Waals surface area contributed by atoms with Crippen molar-refractivity contribution in [1.29, 1.82) is 5.26 Å². The highest BCUT2D eigenvalue weighted by atomic mass is 16.7. The van der Waals surface area contributed by atoms with Gasteiger partial charge in [-0.1, -0.05) is 6.07 Å². The molecule has 2 heterocycles. The lowest BCUT2D eigenvalue weighted by Gasteiger charge is -2.32. The van der Waals surface area contributed by atoms with Gasteiger partial charge in [0.15, 0.2) is 0 Å². The maximum atomic E-state index is 11.8. The van der Waals surface area contributed by atoms with E-state index < -0.39 is 24.4 Å². The van der Waals surface area contributed by atoms with E-state index in [-0.39, 0.29) is 5.56 Å². The van der Waals surface area contributed by atoms with E-state index in [1.165, 1.54) is 10.6 Å². The van der Waals surface area contributed by atoms with Crippen LogP contribution in [0.3, 0.4) is 0 Å². The maximum absolute atomic E-state index is 11.8. The molecule has 2 rings (SSSR count). The molecule has 1 saturated heterocycles. The van der Waals surface area contributed by atoms with Gasteiger partial charge < -0.3 is 9.31 Å². The molecule has 1 unspecified atom stereocenters. The zero-order chi connectivity index (χ0) is 15.1. The molecular weight excluding hydrogens is 255 g/mol. The van der Waals surface area contributed by atoms with E-state index in [0.29, 0.717) is 0 Å². The van der Waals surface area contributed by atoms with Crippen LogP contribution in [-0.2, 0) is 9.31 Å². The normalized spacial score (nSPS) is 21.5. The Balaban J connectivity index is 2.37. The van der Waals surface area contributed by atoms with Crippen LogP contribution in [0.25, 0.3) is 0 Å². The van der Waals surface area contributed by atoms with Gasteiger partial charge in [-0.05, 0) is 40.1 Å². The molecule has 1 fully saturated rings. The first-order valence-corrected chi connectivity index (χ1v) is 6.65. The summed E-state index contributed by atoms with van der Waals surface area (Å²) in [5.74, 6) is 0. The Labute approximate surface area is 119 Å². The van der Waals surface area contributed by atoms with Crippen LogP contribution in [0.1, 0.15) is 40.7 Å². The van der Waals surface area contributed by atoms with Gasteiger partial charge >= 0.3 is 7.12 Å². The van der Waals surface area contributed by atoms with Crippen LogP contribution < -0.4 is 11.0 Å². The van der Waals surface area contributed by atoms with E-state index in [0.717, 1.165) is 5.46 Å². The molecule has 5 nitrogen and oxygen atoms in total. The van der Waals surface area contributed by atoms with Gasteiger partial charge in [-0.3, -0.25) is 9.36 Å². The fraction of sp³-hybridized carbons (Fsp3) is 0.571. The molecular formula is C14H19BN2O3. The van der Waals surface area contributed by atoms with Crippen LogP contribution >= 0.6 is 0 Å². The Morgan fingerprint density at radius 3 is 2.30 bits per heavy atom. The van der Waals surface area contributed by atoms with Crippen LogP contribution in [0, 0.1) is 11.3 Å². The number of pyridine rings is 1. The molecule has 1 aliphatic rings. The molecule has 0 aromatic carbocycles. The summed E-state index contributed by atoms with van der Waals surface area (Å²) in [6, 6.07) is 4.65. The quantitative estimate of drug-likeness (QED) is 0.761. The Hall–Kier alpha value is -1.58. The zero-order valence-corrected chi connectivity index (χ0v) is 12.5. The predicted molar refractivity (Wildman–Crippen MR) is 76.7 cm³/mol. The van der Waals surface area contributed by atoms with Gasteiger partial charge in [-0.25, -0.2) is 0 Å². The van der Waals surface area contributed by atoms with Crippen molar-refractivity contribution in [3.05, 3.63) is 28.7 Å². The van der Waals surface area contributed by atoms with E-state index in [4.69, 9.17) is 14.6 Å². The molecule has 106 valence electrons. The van der Waals surface area contributed by atoms with Crippen molar-refractivity contribution < 1.29 is 9.31 Å². The maximum Gasteiger partial charge on any atom is 0.496 e. The molecule has 1 atom stereocenters. The van der Waals surface area contributed by atoms with E-state index in [2.05, 4.69) is 6.07 Å². The average molecular weight is 274 g/mol. The Morgan fingerprint density at radius 2 is 1.80 bits per heavy atom. The number of nitrogens with zero attached hydrogens (tertiary/aromatic N) is 2. The fourth-order valence-corrected chi connectivity index (χ4v) is 2.00. The van der Waals surface area contributed by atoms with Crippen molar-refractivity contribution >= 4 is 12.6 Å². The van der Waals surface area contributed by atoms with Crippen molar-refractivity contribution in [3.63, 3.8) is 0 Å². The highest BCUT2D eigenvalue weighted by Gasteiger charge is 2.51. The second-order valence-corrected chi connectivity index (χ2v) is 6.10. The summed E-state index contributed by atoms with van der Waals surface area (Å²) in [6.07, 6.45) is 1.64. The lowest BCUT2D eigenvalue weighted by atomic mass is 9.80. The topological polar surface area (TPSA) is 64.2 Å². The predicted octanol–water partition coefficient (Wildman–Crippen LogP) is 1.23. The highest BCUT2D eigenvalue weighted by molar-refractivity contribution is 6.62. The largest absolute Gasteiger partial charge is 0.496 e. The first-order chi connectivity index (χ1) is 9.18. The number of rotatable bonds is 2. The Morgan fingerprint density at radius 1 is 1.25 bits per heavy atom. The van der Waals surface area contributed by atoms with E-state index >= 15 is 0 Å². The summed E-state index contributed by atoms with van der Waals surface area (Å²) in [5.41, 5.74) is -0.330. The molecule has 1 aromatic heterocycles. The first kappa shape index (κ1) is 14.8. The minimum Gasteiger partial charge on any atom is -0.399 e. The zero-order valence-electron chi connectivity index (χ0n) is 12.5. The van der Waals surface area contributed by atoms with Crippen molar-refractivity contribution in [2.24, 2.45) is 0 Å². The van der Waals surface area contributed by atoms with Crippen LogP contribution in [0.2, 0.25) is 0 Å². The van der Waals surface area contributed by atoms with Gasteiger partial charge in [0.2, 0.25) is 0 Å². The Bertz CT molecular complexity index is 600. The number of hydrogen-bond donors (Lipinski definition) is 0. The standard InChI is InChI=1S/C14H19BN2O3/c1-10(8-16)17-9-11(6-7-12(17)18)15-19-13(2,3)14(4,5)20-15/h6-7,9-10H,1-5H3. The SMILES string of the molecule is CC(C#N)n1cc(B2OC(C)(C)C(C)(C)O2)ccc1=O. The van der Waals surface area contributed by atoms with Gasteiger partial charge in [0, 0.05) is 12.3 Å². The molecule has 1 aromatic rings. The summed E-state index contributed by atoms with van der Waals surface area (Å²) >= 11 is 0. The van der Waals surface area contributed by atoms with Crippen LogP contribution in [0.5, 0.6) is 0 Å². The summed E-state index contributed by atoms with van der Waals surface area (Å²) in [5, 5.41) is 8.96. The molecule has 0 aliphatic carbocycles. The number of nitriles is 1. The van der Waals surface area contributed by atoms with Gasteiger partial charge in [-0.2, -0.15) is 5.26 Å². The number of aromatic nitrogens is 1. The first-order valence-electron chi connectivity index (χ1n) is 6.65. The van der Waals surface area contributed by atoms with E-state index in [1.54, 1.807) is 19.2 Å². The third kappa shape index (κ3) is 2.39. The number of hydrogen-bond acceptors (Lipinski definition) is 4. The molecule has 20 heavy (non-hydrogen) atoms. The molecule has 0 bridgehead atoms. The van der Waals surface area contributed by atoms with Gasteiger partial charge in [-0.15, -0.1) is 0 Å². The minimum atomic E-state index is -0.530. The van der Waals surface area contributed by atoms with Crippen molar-refractivity contribution in [2.75, 3.05) is 0 Å². The average Bonchev–Trinajstić information content (AvgIpc) is 2.58. The molecule has 1 aliphatic heterocycles. The minimum absolute atomic E-state index is 0.209. The van der Waals surface area contributed by atoms with Crippen LogP contribution in [0.15, 0.2) is 23.1 Å². The van der Waals surface area contributed by atoms with Crippen molar-refractivity contribution in [3.8, 4) is 6.07 Å². The monoisotopic (exact) mass is 274 g/mol. The van der Waals surface area contributed by atoms with Crippen molar-refractivity contribution in [1.82, 2.24) is 4.57 Å². The molecule has 0 N–H and O–H groups in total. The fourth-order valence-electron chi connectivity index (χ4n) is 2.00. The lowest BCUT2D eigenvalue weighted by molar-refractivity contribution is 0.00578.